The Morgan fingerprint density at radius 2 is 1.84 bits per heavy atom. The molecule has 3 aliphatic rings. The third-order valence-electron chi connectivity index (χ3n) is 5.05. The van der Waals surface area contributed by atoms with E-state index < -0.39 is 23.7 Å². The summed E-state index contributed by atoms with van der Waals surface area (Å²) in [5, 5.41) is 11.3. The van der Waals surface area contributed by atoms with E-state index in [1.165, 1.54) is 11.3 Å². The van der Waals surface area contributed by atoms with Crippen molar-refractivity contribution in [2.24, 2.45) is 23.7 Å². The first-order valence-corrected chi connectivity index (χ1v) is 9.48. The van der Waals surface area contributed by atoms with Crippen LogP contribution in [0.3, 0.4) is 0 Å². The monoisotopic (exact) mass is 362 g/mol. The first kappa shape index (κ1) is 17.7. The van der Waals surface area contributed by atoms with Gasteiger partial charge in [0.15, 0.2) is 0 Å². The van der Waals surface area contributed by atoms with Crippen LogP contribution in [0, 0.1) is 23.7 Å². The summed E-state index contributed by atoms with van der Waals surface area (Å²) >= 11 is 1.52. The van der Waals surface area contributed by atoms with Crippen molar-refractivity contribution in [3.63, 3.8) is 0 Å². The Hall–Kier alpha value is -2.15. The van der Waals surface area contributed by atoms with Crippen LogP contribution in [0.5, 0.6) is 0 Å². The van der Waals surface area contributed by atoms with Gasteiger partial charge in [0.25, 0.3) is 5.91 Å². The molecule has 3 aliphatic carbocycles. The highest BCUT2D eigenvalue weighted by Gasteiger charge is 2.48. The fraction of sp³-hybridized carbons (Fsp3) is 0.500. The van der Waals surface area contributed by atoms with Gasteiger partial charge in [0, 0.05) is 10.3 Å². The van der Waals surface area contributed by atoms with Gasteiger partial charge in [-0.25, -0.2) is 0 Å². The van der Waals surface area contributed by atoms with E-state index in [0.717, 1.165) is 30.6 Å². The molecule has 0 saturated heterocycles. The lowest BCUT2D eigenvalue weighted by Crippen LogP contribution is -2.53. The van der Waals surface area contributed by atoms with Crippen molar-refractivity contribution < 1.29 is 19.5 Å². The minimum absolute atomic E-state index is 0.0830. The maximum atomic E-state index is 12.5. The lowest BCUT2D eigenvalue weighted by molar-refractivity contribution is -0.153. The summed E-state index contributed by atoms with van der Waals surface area (Å²) in [4.78, 5) is 37.4. The lowest BCUT2D eigenvalue weighted by Gasteiger charge is -2.41. The van der Waals surface area contributed by atoms with E-state index in [4.69, 9.17) is 0 Å². The summed E-state index contributed by atoms with van der Waals surface area (Å²) in [6.07, 6.45) is 7.38. The molecule has 0 spiro atoms. The largest absolute Gasteiger partial charge is 0.481 e. The number of fused-ring (bicyclic) bond motifs is 2. The number of hydrazine groups is 1. The molecule has 2 bridgehead atoms. The van der Waals surface area contributed by atoms with Gasteiger partial charge < -0.3 is 5.11 Å². The van der Waals surface area contributed by atoms with Gasteiger partial charge in [0.1, 0.15) is 0 Å². The topological polar surface area (TPSA) is 95.5 Å². The number of carboxylic acid groups (broad SMARTS) is 1. The molecule has 0 radical (unpaired) electrons. The predicted molar refractivity (Wildman–Crippen MR) is 93.9 cm³/mol. The molecule has 0 unspecified atom stereocenters. The van der Waals surface area contributed by atoms with E-state index >= 15 is 0 Å². The van der Waals surface area contributed by atoms with Crippen LogP contribution >= 0.6 is 11.3 Å². The molecule has 1 fully saturated rings. The summed E-state index contributed by atoms with van der Waals surface area (Å²) in [7, 11) is 0. The summed E-state index contributed by atoms with van der Waals surface area (Å²) in [5.74, 6) is -3.31. The van der Waals surface area contributed by atoms with Crippen LogP contribution in [0.1, 0.15) is 41.4 Å². The first-order valence-electron chi connectivity index (χ1n) is 8.60. The number of rotatable bonds is 5. The zero-order chi connectivity index (χ0) is 18.0. The van der Waals surface area contributed by atoms with E-state index in [2.05, 4.69) is 17.8 Å². The zero-order valence-electron chi connectivity index (χ0n) is 14.0. The normalized spacial score (nSPS) is 27.1. The number of amides is 2. The molecular formula is C18H22N2O4S. The highest BCUT2D eigenvalue weighted by atomic mass is 32.1. The minimum atomic E-state index is -0.951. The van der Waals surface area contributed by atoms with E-state index in [-0.39, 0.29) is 17.7 Å². The van der Waals surface area contributed by atoms with Crippen molar-refractivity contribution in [3.8, 4) is 0 Å². The SMILES string of the molecule is CCCc1cc(C(=O)NNC(=O)[C@@H]2[C@@H](C(=O)O)[C@H]3C=C[C@@H]2CC3)cs1. The Kier molecular flexibility index (Phi) is 5.22. The molecule has 1 aromatic rings. The minimum Gasteiger partial charge on any atom is -0.481 e. The summed E-state index contributed by atoms with van der Waals surface area (Å²) < 4.78 is 0. The van der Waals surface area contributed by atoms with Crippen molar-refractivity contribution in [2.75, 3.05) is 0 Å². The van der Waals surface area contributed by atoms with Crippen LogP contribution in [-0.4, -0.2) is 22.9 Å². The summed E-state index contributed by atoms with van der Waals surface area (Å²) in [6.45, 7) is 2.07. The molecule has 2 amide bonds. The van der Waals surface area contributed by atoms with E-state index in [0.29, 0.717) is 5.56 Å². The molecule has 3 N–H and O–H groups in total. The van der Waals surface area contributed by atoms with Crippen LogP contribution in [0.2, 0.25) is 0 Å². The Labute approximate surface area is 150 Å². The van der Waals surface area contributed by atoms with Crippen LogP contribution in [0.4, 0.5) is 0 Å². The van der Waals surface area contributed by atoms with Gasteiger partial charge in [0.05, 0.1) is 17.4 Å². The first-order chi connectivity index (χ1) is 12.0. The average Bonchev–Trinajstić information content (AvgIpc) is 3.08. The Bertz CT molecular complexity index is 712. The molecule has 4 atom stereocenters. The van der Waals surface area contributed by atoms with Crippen LogP contribution in [0.15, 0.2) is 23.6 Å². The van der Waals surface area contributed by atoms with Gasteiger partial charge in [-0.2, -0.15) is 0 Å². The Morgan fingerprint density at radius 3 is 2.44 bits per heavy atom. The zero-order valence-corrected chi connectivity index (χ0v) is 14.8. The molecule has 134 valence electrons. The number of aryl methyl sites for hydroxylation is 1. The fourth-order valence-electron chi connectivity index (χ4n) is 3.84. The van der Waals surface area contributed by atoms with Crippen molar-refractivity contribution in [3.05, 3.63) is 34.0 Å². The number of aliphatic carboxylic acids is 1. The van der Waals surface area contributed by atoms with E-state index in [1.807, 2.05) is 18.2 Å². The van der Waals surface area contributed by atoms with Gasteiger partial charge in [0.2, 0.25) is 5.91 Å². The standard InChI is InChI=1S/C18H22N2O4S/c1-2-3-13-8-12(9-25-13)16(21)19-20-17(22)14-10-4-6-11(7-5-10)15(14)18(23)24/h4,6,8-11,14-15H,2-3,5,7H2,1H3,(H,19,21)(H,20,22)(H,23,24)/t10-,11+,14+,15+/m1/s1. The predicted octanol–water partition coefficient (Wildman–Crippen LogP) is 2.37. The Balaban J connectivity index is 1.62. The van der Waals surface area contributed by atoms with Crippen molar-refractivity contribution in [1.29, 1.82) is 0 Å². The molecule has 6 nitrogen and oxygen atoms in total. The molecular weight excluding hydrogens is 340 g/mol. The Morgan fingerprint density at radius 1 is 1.16 bits per heavy atom. The fourth-order valence-corrected chi connectivity index (χ4v) is 4.81. The quantitative estimate of drug-likeness (QED) is 0.553. The van der Waals surface area contributed by atoms with Crippen LogP contribution < -0.4 is 10.9 Å². The molecule has 25 heavy (non-hydrogen) atoms. The van der Waals surface area contributed by atoms with Crippen LogP contribution in [0.25, 0.3) is 0 Å². The number of carbonyl (C=O) groups excluding carboxylic acids is 2. The van der Waals surface area contributed by atoms with Gasteiger partial charge in [-0.3, -0.25) is 25.2 Å². The number of hydrogen-bond donors (Lipinski definition) is 3. The highest BCUT2D eigenvalue weighted by molar-refractivity contribution is 7.10. The third-order valence-corrected chi connectivity index (χ3v) is 6.04. The van der Waals surface area contributed by atoms with Gasteiger partial charge in [-0.15, -0.1) is 11.3 Å². The molecule has 7 heteroatoms. The molecule has 1 heterocycles. The second kappa shape index (κ2) is 7.39. The van der Waals surface area contributed by atoms with Gasteiger partial charge in [-0.05, 0) is 37.2 Å². The highest BCUT2D eigenvalue weighted by Crippen LogP contribution is 2.44. The molecule has 0 aliphatic heterocycles. The van der Waals surface area contributed by atoms with Crippen molar-refractivity contribution >= 4 is 29.1 Å². The number of carbonyl (C=O) groups is 3. The average molecular weight is 362 g/mol. The second-order valence-corrected chi connectivity index (χ2v) is 7.67. The third kappa shape index (κ3) is 3.61. The van der Waals surface area contributed by atoms with Crippen molar-refractivity contribution in [2.45, 2.75) is 32.6 Å². The van der Waals surface area contributed by atoms with Crippen LogP contribution in [-0.2, 0) is 16.0 Å². The summed E-state index contributed by atoms with van der Waals surface area (Å²) in [6, 6.07) is 1.82. The van der Waals surface area contributed by atoms with E-state index in [1.54, 1.807) is 5.38 Å². The van der Waals surface area contributed by atoms with E-state index in [9.17, 15) is 19.5 Å². The molecule has 0 aromatic carbocycles. The number of carboxylic acids is 1. The maximum Gasteiger partial charge on any atom is 0.307 e. The second-order valence-electron chi connectivity index (χ2n) is 6.67. The molecule has 4 rings (SSSR count). The van der Waals surface area contributed by atoms with Crippen molar-refractivity contribution in [1.82, 2.24) is 10.9 Å². The number of allylic oxidation sites excluding steroid dienone is 2. The summed E-state index contributed by atoms with van der Waals surface area (Å²) in [5.41, 5.74) is 5.36. The number of thiophene rings is 1. The number of nitrogens with one attached hydrogen (secondary N) is 2. The molecule has 1 saturated carbocycles. The number of hydrogen-bond acceptors (Lipinski definition) is 4. The lowest BCUT2D eigenvalue weighted by atomic mass is 9.62. The van der Waals surface area contributed by atoms with Gasteiger partial charge in [-0.1, -0.05) is 25.5 Å². The smallest absolute Gasteiger partial charge is 0.307 e. The maximum absolute atomic E-state index is 12.5. The van der Waals surface area contributed by atoms with Gasteiger partial charge >= 0.3 is 5.97 Å². The molecule has 1 aromatic heterocycles.